The van der Waals surface area contributed by atoms with Crippen LogP contribution in [0.15, 0.2) is 0 Å². The van der Waals surface area contributed by atoms with Crippen LogP contribution in [0.2, 0.25) is 0 Å². The lowest BCUT2D eigenvalue weighted by molar-refractivity contribution is 0.0310. The summed E-state index contributed by atoms with van der Waals surface area (Å²) in [7, 11) is 0. The van der Waals surface area contributed by atoms with E-state index in [4.69, 9.17) is 0 Å². The lowest BCUT2D eigenvalue weighted by atomic mass is 10.1. The maximum atomic E-state index is 10.0. The summed E-state index contributed by atoms with van der Waals surface area (Å²) in [5.74, 6) is 0. The predicted octanol–water partition coefficient (Wildman–Crippen LogP) is 7.83. The van der Waals surface area contributed by atoms with E-state index in [1.165, 1.54) is 116 Å². The van der Waals surface area contributed by atoms with Crippen molar-refractivity contribution in [3.05, 3.63) is 0 Å². The van der Waals surface area contributed by atoms with Gasteiger partial charge >= 0.3 is 0 Å². The molecule has 0 spiro atoms. The average molecular weight is 414 g/mol. The molecule has 2 atom stereocenters. The Morgan fingerprint density at radius 2 is 0.655 bits per heavy atom. The first kappa shape index (κ1) is 28.9. The van der Waals surface area contributed by atoms with Gasteiger partial charge in [-0.25, -0.2) is 0 Å². The van der Waals surface area contributed by atoms with Gasteiger partial charge in [-0.2, -0.15) is 0 Å². The standard InChI is InChI=1S/C26H55NO2/c1-3-5-7-9-11-13-15-17-19-21-23-25(28)27-26(29)24-22-20-18-16-14-12-10-8-6-4-2/h25-29H,3-24H2,1-2H3. The molecule has 29 heavy (non-hydrogen) atoms. The van der Waals surface area contributed by atoms with Gasteiger partial charge in [0.1, 0.15) is 12.5 Å². The molecule has 0 amide bonds. The summed E-state index contributed by atoms with van der Waals surface area (Å²) in [5, 5.41) is 23.0. The second-order valence-electron chi connectivity index (χ2n) is 9.14. The molecule has 0 rings (SSSR count). The molecule has 0 heterocycles. The highest BCUT2D eigenvalue weighted by Gasteiger charge is 2.09. The van der Waals surface area contributed by atoms with Crippen molar-refractivity contribution >= 4 is 0 Å². The van der Waals surface area contributed by atoms with Crippen molar-refractivity contribution in [1.82, 2.24) is 5.32 Å². The van der Waals surface area contributed by atoms with Crippen LogP contribution in [0.3, 0.4) is 0 Å². The van der Waals surface area contributed by atoms with E-state index in [2.05, 4.69) is 19.2 Å². The molecule has 0 aliphatic carbocycles. The molecule has 0 saturated heterocycles. The maximum absolute atomic E-state index is 10.0. The lowest BCUT2D eigenvalue weighted by Crippen LogP contribution is -2.38. The predicted molar refractivity (Wildman–Crippen MR) is 128 cm³/mol. The van der Waals surface area contributed by atoms with Crippen LogP contribution in [0.4, 0.5) is 0 Å². The number of unbranched alkanes of at least 4 members (excludes halogenated alkanes) is 18. The van der Waals surface area contributed by atoms with Crippen LogP contribution < -0.4 is 5.32 Å². The zero-order chi connectivity index (χ0) is 21.4. The summed E-state index contributed by atoms with van der Waals surface area (Å²) in [6.07, 6.45) is 26.6. The Hall–Kier alpha value is -0.120. The van der Waals surface area contributed by atoms with Crippen LogP contribution in [-0.4, -0.2) is 22.7 Å². The molecule has 3 N–H and O–H groups in total. The van der Waals surface area contributed by atoms with Crippen LogP contribution in [0, 0.1) is 0 Å². The van der Waals surface area contributed by atoms with Crippen LogP contribution in [0.5, 0.6) is 0 Å². The van der Waals surface area contributed by atoms with Crippen LogP contribution in [0.1, 0.15) is 155 Å². The molecule has 0 fully saturated rings. The van der Waals surface area contributed by atoms with Crippen molar-refractivity contribution < 1.29 is 10.2 Å². The van der Waals surface area contributed by atoms with E-state index in [0.29, 0.717) is 0 Å². The molecule has 0 aromatic heterocycles. The van der Waals surface area contributed by atoms with E-state index < -0.39 is 12.5 Å². The van der Waals surface area contributed by atoms with Gasteiger partial charge in [0.25, 0.3) is 0 Å². The quantitative estimate of drug-likeness (QED) is 0.112. The third-order valence-corrected chi connectivity index (χ3v) is 6.05. The third kappa shape index (κ3) is 24.0. The zero-order valence-corrected chi connectivity index (χ0v) is 20.1. The third-order valence-electron chi connectivity index (χ3n) is 6.05. The first-order chi connectivity index (χ1) is 14.2. The normalized spacial score (nSPS) is 13.7. The van der Waals surface area contributed by atoms with Gasteiger partial charge in [-0.15, -0.1) is 0 Å². The minimum absolute atomic E-state index is 0.554. The van der Waals surface area contributed by atoms with E-state index in [1.807, 2.05) is 0 Å². The van der Waals surface area contributed by atoms with E-state index in [0.717, 1.165) is 25.7 Å². The Morgan fingerprint density at radius 3 is 0.931 bits per heavy atom. The zero-order valence-electron chi connectivity index (χ0n) is 20.1. The van der Waals surface area contributed by atoms with Crippen LogP contribution in [0.25, 0.3) is 0 Å². The van der Waals surface area contributed by atoms with Gasteiger partial charge in [0.05, 0.1) is 0 Å². The summed E-state index contributed by atoms with van der Waals surface area (Å²) >= 11 is 0. The monoisotopic (exact) mass is 413 g/mol. The fourth-order valence-electron chi connectivity index (χ4n) is 4.04. The Kier molecular flexibility index (Phi) is 24.1. The summed E-state index contributed by atoms with van der Waals surface area (Å²) in [6, 6.07) is 0. The van der Waals surface area contributed by atoms with Gasteiger partial charge in [-0.3, -0.25) is 5.32 Å². The Labute approximate surface area is 183 Å². The van der Waals surface area contributed by atoms with E-state index in [9.17, 15) is 10.2 Å². The molecule has 0 aromatic carbocycles. The summed E-state index contributed by atoms with van der Waals surface area (Å²) in [6.45, 7) is 4.53. The lowest BCUT2D eigenvalue weighted by Gasteiger charge is -2.18. The van der Waals surface area contributed by atoms with E-state index >= 15 is 0 Å². The van der Waals surface area contributed by atoms with Crippen molar-refractivity contribution in [2.24, 2.45) is 0 Å². The number of hydrogen-bond donors (Lipinski definition) is 3. The number of aliphatic hydroxyl groups excluding tert-OH is 2. The SMILES string of the molecule is CCCCCCCCCCCCC(O)NC(O)CCCCCCCCCCCC. The van der Waals surface area contributed by atoms with Gasteiger partial charge in [-0.1, -0.05) is 129 Å². The minimum atomic E-state index is -0.554. The van der Waals surface area contributed by atoms with Crippen LogP contribution >= 0.6 is 0 Å². The smallest absolute Gasteiger partial charge is 0.106 e. The number of nitrogens with one attached hydrogen (secondary N) is 1. The average Bonchev–Trinajstić information content (AvgIpc) is 2.70. The number of rotatable bonds is 24. The highest BCUT2D eigenvalue weighted by molar-refractivity contribution is 4.60. The largest absolute Gasteiger partial charge is 0.379 e. The first-order valence-electron chi connectivity index (χ1n) is 13.3. The van der Waals surface area contributed by atoms with Gasteiger partial charge in [0.15, 0.2) is 0 Å². The second-order valence-corrected chi connectivity index (χ2v) is 9.14. The highest BCUT2D eigenvalue weighted by atomic mass is 16.3. The molecular formula is C26H55NO2. The fourth-order valence-corrected chi connectivity index (χ4v) is 4.04. The Balaban J connectivity index is 3.29. The van der Waals surface area contributed by atoms with Crippen molar-refractivity contribution in [1.29, 1.82) is 0 Å². The fraction of sp³-hybridized carbons (Fsp3) is 1.00. The molecule has 0 saturated carbocycles. The van der Waals surface area contributed by atoms with Gasteiger partial charge < -0.3 is 10.2 Å². The Morgan fingerprint density at radius 1 is 0.414 bits per heavy atom. The topological polar surface area (TPSA) is 52.5 Å². The summed E-state index contributed by atoms with van der Waals surface area (Å²) < 4.78 is 0. The highest BCUT2D eigenvalue weighted by Crippen LogP contribution is 2.13. The molecule has 0 aliphatic heterocycles. The van der Waals surface area contributed by atoms with Crippen molar-refractivity contribution in [3.8, 4) is 0 Å². The summed E-state index contributed by atoms with van der Waals surface area (Å²) in [5.41, 5.74) is 0. The molecule has 0 aliphatic rings. The van der Waals surface area contributed by atoms with Gasteiger partial charge in [-0.05, 0) is 25.7 Å². The Bertz CT molecular complexity index is 270. The molecular weight excluding hydrogens is 358 g/mol. The second kappa shape index (κ2) is 24.2. The van der Waals surface area contributed by atoms with Crippen molar-refractivity contribution in [2.75, 3.05) is 0 Å². The molecule has 3 heteroatoms. The molecule has 3 nitrogen and oxygen atoms in total. The number of aliphatic hydroxyl groups is 2. The summed E-state index contributed by atoms with van der Waals surface area (Å²) in [4.78, 5) is 0. The van der Waals surface area contributed by atoms with Crippen LogP contribution in [-0.2, 0) is 0 Å². The molecule has 0 radical (unpaired) electrons. The number of hydrogen-bond acceptors (Lipinski definition) is 3. The first-order valence-corrected chi connectivity index (χ1v) is 13.3. The van der Waals surface area contributed by atoms with Gasteiger partial charge in [0, 0.05) is 0 Å². The van der Waals surface area contributed by atoms with Crippen molar-refractivity contribution in [3.63, 3.8) is 0 Å². The molecule has 176 valence electrons. The van der Waals surface area contributed by atoms with Crippen molar-refractivity contribution in [2.45, 2.75) is 168 Å². The van der Waals surface area contributed by atoms with Gasteiger partial charge in [0.2, 0.25) is 0 Å². The maximum Gasteiger partial charge on any atom is 0.106 e. The van der Waals surface area contributed by atoms with E-state index in [1.54, 1.807) is 0 Å². The molecule has 2 unspecified atom stereocenters. The molecule has 0 bridgehead atoms. The minimum Gasteiger partial charge on any atom is -0.379 e. The van der Waals surface area contributed by atoms with E-state index in [-0.39, 0.29) is 0 Å². The molecule has 0 aromatic rings.